The molecule has 0 radical (unpaired) electrons. The summed E-state index contributed by atoms with van der Waals surface area (Å²) in [5, 5.41) is 3.41. The molecule has 92 valence electrons. The number of hydrogen-bond donors (Lipinski definition) is 2. The SMILES string of the molecule is CN1C(C2CCC2)NOC1C1CCNCC1. The van der Waals surface area contributed by atoms with E-state index in [4.69, 9.17) is 4.84 Å². The molecule has 0 aromatic rings. The van der Waals surface area contributed by atoms with Crippen LogP contribution in [-0.2, 0) is 4.84 Å². The second kappa shape index (κ2) is 4.61. The van der Waals surface area contributed by atoms with Crippen LogP contribution in [0.15, 0.2) is 0 Å². The average Bonchev–Trinajstić information content (AvgIpc) is 2.60. The average molecular weight is 225 g/mol. The van der Waals surface area contributed by atoms with Crippen molar-refractivity contribution in [3.8, 4) is 0 Å². The standard InChI is InChI=1S/C12H23N3O/c1-15-11(9-3-2-4-9)14-16-12(15)10-5-7-13-8-6-10/h9-14H,2-8H2,1H3. The molecule has 1 aliphatic carbocycles. The van der Waals surface area contributed by atoms with Crippen LogP contribution in [0.3, 0.4) is 0 Å². The van der Waals surface area contributed by atoms with Gasteiger partial charge in [-0.25, -0.2) is 0 Å². The van der Waals surface area contributed by atoms with Crippen molar-refractivity contribution in [1.29, 1.82) is 0 Å². The van der Waals surface area contributed by atoms with Gasteiger partial charge in [-0.05, 0) is 51.7 Å². The molecular weight excluding hydrogens is 202 g/mol. The Morgan fingerprint density at radius 2 is 1.81 bits per heavy atom. The third kappa shape index (κ3) is 1.88. The summed E-state index contributed by atoms with van der Waals surface area (Å²) >= 11 is 0. The lowest BCUT2D eigenvalue weighted by Crippen LogP contribution is -2.47. The third-order valence-electron chi connectivity index (χ3n) is 4.53. The van der Waals surface area contributed by atoms with Crippen molar-refractivity contribution in [2.75, 3.05) is 20.1 Å². The molecule has 3 fully saturated rings. The number of hydroxylamine groups is 1. The predicted molar refractivity (Wildman–Crippen MR) is 62.5 cm³/mol. The van der Waals surface area contributed by atoms with Crippen LogP contribution in [0.4, 0.5) is 0 Å². The van der Waals surface area contributed by atoms with E-state index in [9.17, 15) is 0 Å². The Labute approximate surface area is 97.7 Å². The molecule has 4 nitrogen and oxygen atoms in total. The van der Waals surface area contributed by atoms with E-state index < -0.39 is 0 Å². The highest BCUT2D eigenvalue weighted by Gasteiger charge is 2.42. The molecule has 2 N–H and O–H groups in total. The first-order valence-electron chi connectivity index (χ1n) is 6.70. The van der Waals surface area contributed by atoms with Gasteiger partial charge in [0.25, 0.3) is 0 Å². The minimum absolute atomic E-state index is 0.299. The van der Waals surface area contributed by atoms with E-state index >= 15 is 0 Å². The first kappa shape index (κ1) is 11.0. The molecule has 3 aliphatic rings. The van der Waals surface area contributed by atoms with Gasteiger partial charge in [-0.15, -0.1) is 0 Å². The van der Waals surface area contributed by atoms with E-state index in [0.29, 0.717) is 18.3 Å². The molecule has 0 spiro atoms. The normalized spacial score (nSPS) is 38.8. The minimum Gasteiger partial charge on any atom is -0.317 e. The maximum absolute atomic E-state index is 5.82. The molecule has 0 amide bonds. The Hall–Kier alpha value is -0.160. The molecule has 0 bridgehead atoms. The number of hydrogen-bond acceptors (Lipinski definition) is 4. The van der Waals surface area contributed by atoms with Gasteiger partial charge in [0.2, 0.25) is 0 Å². The highest BCUT2D eigenvalue weighted by Crippen LogP contribution is 2.35. The minimum atomic E-state index is 0.299. The lowest BCUT2D eigenvalue weighted by atomic mass is 9.82. The van der Waals surface area contributed by atoms with Crippen LogP contribution in [0.5, 0.6) is 0 Å². The highest BCUT2D eigenvalue weighted by molar-refractivity contribution is 4.87. The van der Waals surface area contributed by atoms with E-state index in [2.05, 4.69) is 22.7 Å². The highest BCUT2D eigenvalue weighted by atomic mass is 16.7. The molecule has 2 unspecified atom stereocenters. The van der Waals surface area contributed by atoms with Gasteiger partial charge in [0.05, 0.1) is 6.17 Å². The molecule has 1 saturated carbocycles. The van der Waals surface area contributed by atoms with Gasteiger partial charge >= 0.3 is 0 Å². The van der Waals surface area contributed by atoms with Crippen LogP contribution in [0, 0.1) is 11.8 Å². The van der Waals surface area contributed by atoms with E-state index in [1.165, 1.54) is 32.1 Å². The summed E-state index contributed by atoms with van der Waals surface area (Å²) in [4.78, 5) is 8.25. The van der Waals surface area contributed by atoms with Gasteiger partial charge in [-0.3, -0.25) is 9.74 Å². The van der Waals surface area contributed by atoms with Gasteiger partial charge in [0.1, 0.15) is 6.23 Å². The number of nitrogens with one attached hydrogen (secondary N) is 2. The molecule has 3 rings (SSSR count). The summed E-state index contributed by atoms with van der Waals surface area (Å²) in [6.07, 6.45) is 7.38. The van der Waals surface area contributed by atoms with Crippen molar-refractivity contribution in [2.24, 2.45) is 11.8 Å². The Balaban J connectivity index is 1.59. The fourth-order valence-corrected chi connectivity index (χ4v) is 3.21. The smallest absolute Gasteiger partial charge is 0.136 e. The summed E-state index contributed by atoms with van der Waals surface area (Å²) in [5.41, 5.74) is 3.26. The Morgan fingerprint density at radius 1 is 1.06 bits per heavy atom. The monoisotopic (exact) mass is 225 g/mol. The van der Waals surface area contributed by atoms with Crippen LogP contribution >= 0.6 is 0 Å². The fourth-order valence-electron chi connectivity index (χ4n) is 3.21. The second-order valence-electron chi connectivity index (χ2n) is 5.51. The van der Waals surface area contributed by atoms with Crippen molar-refractivity contribution in [3.05, 3.63) is 0 Å². The lowest BCUT2D eigenvalue weighted by Gasteiger charge is -2.36. The Bertz CT molecular complexity index is 238. The van der Waals surface area contributed by atoms with Crippen molar-refractivity contribution in [3.63, 3.8) is 0 Å². The fraction of sp³-hybridized carbons (Fsp3) is 1.00. The van der Waals surface area contributed by atoms with Crippen molar-refractivity contribution < 1.29 is 4.84 Å². The topological polar surface area (TPSA) is 36.5 Å². The summed E-state index contributed by atoms with van der Waals surface area (Å²) < 4.78 is 0. The van der Waals surface area contributed by atoms with Crippen molar-refractivity contribution in [1.82, 2.24) is 15.7 Å². The Kier molecular flexibility index (Phi) is 3.16. The summed E-state index contributed by atoms with van der Waals surface area (Å²) in [7, 11) is 2.22. The quantitative estimate of drug-likeness (QED) is 0.732. The lowest BCUT2D eigenvalue weighted by molar-refractivity contribution is -0.0490. The molecule has 2 aliphatic heterocycles. The maximum Gasteiger partial charge on any atom is 0.136 e. The van der Waals surface area contributed by atoms with Gasteiger partial charge < -0.3 is 5.32 Å². The zero-order valence-corrected chi connectivity index (χ0v) is 10.1. The zero-order chi connectivity index (χ0) is 11.0. The maximum atomic E-state index is 5.82. The molecule has 2 saturated heterocycles. The van der Waals surface area contributed by atoms with Gasteiger partial charge in [-0.1, -0.05) is 6.42 Å². The predicted octanol–water partition coefficient (Wildman–Crippen LogP) is 0.905. The van der Waals surface area contributed by atoms with E-state index in [1.807, 2.05) is 0 Å². The number of piperidine rings is 1. The molecular formula is C12H23N3O. The van der Waals surface area contributed by atoms with Gasteiger partial charge in [-0.2, -0.15) is 5.48 Å². The molecule has 16 heavy (non-hydrogen) atoms. The van der Waals surface area contributed by atoms with Crippen LogP contribution in [-0.4, -0.2) is 37.4 Å². The van der Waals surface area contributed by atoms with Crippen molar-refractivity contribution in [2.45, 2.75) is 44.5 Å². The summed E-state index contributed by atoms with van der Waals surface area (Å²) in [6.45, 7) is 2.29. The third-order valence-corrected chi connectivity index (χ3v) is 4.53. The Morgan fingerprint density at radius 3 is 2.44 bits per heavy atom. The van der Waals surface area contributed by atoms with Crippen molar-refractivity contribution >= 4 is 0 Å². The molecule has 4 heteroatoms. The summed E-state index contributed by atoms with van der Waals surface area (Å²) in [6, 6.07) is 0. The van der Waals surface area contributed by atoms with E-state index in [1.54, 1.807) is 0 Å². The van der Waals surface area contributed by atoms with Crippen LogP contribution in [0.2, 0.25) is 0 Å². The van der Waals surface area contributed by atoms with Crippen LogP contribution in [0.1, 0.15) is 32.1 Å². The van der Waals surface area contributed by atoms with E-state index in [0.717, 1.165) is 19.0 Å². The zero-order valence-electron chi connectivity index (χ0n) is 10.1. The van der Waals surface area contributed by atoms with Gasteiger partial charge in [0.15, 0.2) is 0 Å². The molecule has 2 heterocycles. The molecule has 0 aromatic heterocycles. The second-order valence-corrected chi connectivity index (χ2v) is 5.51. The molecule has 0 aromatic carbocycles. The van der Waals surface area contributed by atoms with Crippen LogP contribution < -0.4 is 10.8 Å². The largest absolute Gasteiger partial charge is 0.317 e. The number of rotatable bonds is 2. The first-order valence-corrected chi connectivity index (χ1v) is 6.70. The molecule has 2 atom stereocenters. The summed E-state index contributed by atoms with van der Waals surface area (Å²) in [5.74, 6) is 1.51. The van der Waals surface area contributed by atoms with Gasteiger partial charge in [0, 0.05) is 5.92 Å². The number of nitrogens with zero attached hydrogens (tertiary/aromatic N) is 1. The van der Waals surface area contributed by atoms with Crippen LogP contribution in [0.25, 0.3) is 0 Å². The van der Waals surface area contributed by atoms with E-state index in [-0.39, 0.29) is 0 Å². The first-order chi connectivity index (χ1) is 7.86.